The molecule has 0 nitrogen and oxygen atoms in total. The van der Waals surface area contributed by atoms with E-state index in [1.165, 1.54) is 0 Å². The van der Waals surface area contributed by atoms with Crippen LogP contribution in [-0.4, -0.2) is 0 Å². The summed E-state index contributed by atoms with van der Waals surface area (Å²) in [5.74, 6) is -0.318. The van der Waals surface area contributed by atoms with Crippen molar-refractivity contribution >= 4 is 27.5 Å². The Hall–Kier alpha value is -0.430. The average Bonchev–Trinajstić information content (AvgIpc) is 2.14. The van der Waals surface area contributed by atoms with Gasteiger partial charge in [-0.1, -0.05) is 15.9 Å². The maximum Gasteiger partial charge on any atom is 0.417 e. The molecule has 1 aromatic carbocycles. The summed E-state index contributed by atoms with van der Waals surface area (Å²) in [6, 6.07) is 0.792. The summed E-state index contributed by atoms with van der Waals surface area (Å²) < 4.78 is 74.6. The van der Waals surface area contributed by atoms with Gasteiger partial charge in [0.15, 0.2) is 0 Å². The summed E-state index contributed by atoms with van der Waals surface area (Å²) in [5.41, 5.74) is -3.51. The van der Waals surface area contributed by atoms with Gasteiger partial charge in [-0.3, -0.25) is 0 Å². The van der Waals surface area contributed by atoms with Crippen LogP contribution in [-0.2, 0) is 18.2 Å². The fraction of sp³-hybridized carbons (Fsp3) is 0.333. The fourth-order valence-corrected chi connectivity index (χ4v) is 2.06. The van der Waals surface area contributed by atoms with Crippen LogP contribution in [0.2, 0.25) is 0 Å². The van der Waals surface area contributed by atoms with Gasteiger partial charge in [-0.15, -0.1) is 11.6 Å². The highest BCUT2D eigenvalue weighted by Crippen LogP contribution is 2.42. The van der Waals surface area contributed by atoms with Crippen molar-refractivity contribution in [2.75, 3.05) is 0 Å². The second-order valence-corrected chi connectivity index (χ2v) is 4.24. The van der Waals surface area contributed by atoms with Crippen molar-refractivity contribution in [2.45, 2.75) is 18.2 Å². The van der Waals surface area contributed by atoms with Gasteiger partial charge in [0.05, 0.1) is 11.1 Å². The zero-order valence-corrected chi connectivity index (χ0v) is 10.2. The highest BCUT2D eigenvalue weighted by Gasteiger charge is 2.43. The first kappa shape index (κ1) is 14.6. The quantitative estimate of drug-likeness (QED) is 0.485. The minimum Gasteiger partial charge on any atom is -0.166 e. The molecule has 0 aromatic heterocycles. The van der Waals surface area contributed by atoms with Crippen molar-refractivity contribution < 1.29 is 26.3 Å². The van der Waals surface area contributed by atoms with Gasteiger partial charge >= 0.3 is 12.4 Å². The molecule has 0 bridgehead atoms. The molecule has 0 spiro atoms. The summed E-state index contributed by atoms with van der Waals surface area (Å²) in [6.07, 6.45) is -10.1. The van der Waals surface area contributed by atoms with Crippen LogP contribution in [0, 0.1) is 0 Å². The number of hydrogen-bond donors (Lipinski definition) is 0. The van der Waals surface area contributed by atoms with Gasteiger partial charge in [-0.05, 0) is 17.7 Å². The van der Waals surface area contributed by atoms with E-state index in [9.17, 15) is 26.3 Å². The third-order valence-electron chi connectivity index (χ3n) is 1.94. The lowest BCUT2D eigenvalue weighted by Gasteiger charge is -2.17. The van der Waals surface area contributed by atoms with Gasteiger partial charge in [-0.2, -0.15) is 26.3 Å². The van der Waals surface area contributed by atoms with Gasteiger partial charge < -0.3 is 0 Å². The zero-order chi connectivity index (χ0) is 13.4. The fourth-order valence-electron chi connectivity index (χ4n) is 1.19. The summed E-state index contributed by atoms with van der Waals surface area (Å²) >= 11 is 8.09. The first-order valence-electron chi connectivity index (χ1n) is 4.10. The monoisotopic (exact) mass is 340 g/mol. The van der Waals surface area contributed by atoms with Crippen molar-refractivity contribution in [1.82, 2.24) is 0 Å². The Kier molecular flexibility index (Phi) is 4.03. The predicted octanol–water partition coefficient (Wildman–Crippen LogP) is 5.23. The second kappa shape index (κ2) is 4.68. The topological polar surface area (TPSA) is 0 Å². The molecule has 1 rings (SSSR count). The number of rotatable bonds is 1. The van der Waals surface area contributed by atoms with Crippen LogP contribution in [0.3, 0.4) is 0 Å². The first-order chi connectivity index (χ1) is 7.57. The van der Waals surface area contributed by atoms with Gasteiger partial charge in [0.2, 0.25) is 0 Å². The van der Waals surface area contributed by atoms with E-state index in [1.807, 2.05) is 0 Å². The molecule has 0 radical (unpaired) electrons. The van der Waals surface area contributed by atoms with E-state index in [2.05, 4.69) is 15.9 Å². The van der Waals surface area contributed by atoms with Gasteiger partial charge in [0.1, 0.15) is 0 Å². The van der Waals surface area contributed by atoms with Crippen molar-refractivity contribution in [3.8, 4) is 0 Å². The molecule has 1 aromatic rings. The molecule has 0 heterocycles. The van der Waals surface area contributed by atoms with Crippen LogP contribution in [0.4, 0.5) is 26.3 Å². The molecule has 0 aliphatic carbocycles. The molecule has 0 saturated carbocycles. The lowest BCUT2D eigenvalue weighted by molar-refractivity contribution is -0.162. The van der Waals surface area contributed by atoms with Gasteiger partial charge in [-0.25, -0.2) is 0 Å². The van der Waals surface area contributed by atoms with Crippen molar-refractivity contribution in [2.24, 2.45) is 0 Å². The van der Waals surface area contributed by atoms with Crippen LogP contribution in [0.25, 0.3) is 0 Å². The SMILES string of the molecule is FC(F)(F)c1cc(Br)c(CCl)cc1C(F)(F)F. The van der Waals surface area contributed by atoms with Crippen molar-refractivity contribution in [3.05, 3.63) is 33.3 Å². The van der Waals surface area contributed by atoms with E-state index >= 15 is 0 Å². The largest absolute Gasteiger partial charge is 0.417 e. The van der Waals surface area contributed by atoms with Crippen LogP contribution in [0.5, 0.6) is 0 Å². The predicted molar refractivity (Wildman–Crippen MR) is 53.7 cm³/mol. The highest BCUT2D eigenvalue weighted by molar-refractivity contribution is 9.10. The Morgan fingerprint density at radius 3 is 1.71 bits per heavy atom. The first-order valence-corrected chi connectivity index (χ1v) is 5.43. The summed E-state index contributed by atoms with van der Waals surface area (Å²) in [7, 11) is 0. The summed E-state index contributed by atoms with van der Waals surface area (Å²) in [5, 5.41) is 0. The maximum absolute atomic E-state index is 12.5. The zero-order valence-electron chi connectivity index (χ0n) is 7.89. The molecule has 0 atom stereocenters. The number of benzene rings is 1. The second-order valence-electron chi connectivity index (χ2n) is 3.12. The molecule has 0 aliphatic rings. The minimum absolute atomic E-state index is 0.0491. The van der Waals surface area contributed by atoms with E-state index in [4.69, 9.17) is 11.6 Å². The maximum atomic E-state index is 12.5. The molecule has 0 fully saturated rings. The Morgan fingerprint density at radius 1 is 0.941 bits per heavy atom. The minimum atomic E-state index is -5.08. The van der Waals surface area contributed by atoms with Crippen molar-refractivity contribution in [3.63, 3.8) is 0 Å². The smallest absolute Gasteiger partial charge is 0.166 e. The lowest BCUT2D eigenvalue weighted by atomic mass is 10.0. The van der Waals surface area contributed by atoms with Crippen LogP contribution in [0.15, 0.2) is 16.6 Å². The number of hydrogen-bond acceptors (Lipinski definition) is 0. The lowest BCUT2D eigenvalue weighted by Crippen LogP contribution is -2.17. The molecule has 0 aliphatic heterocycles. The number of halogens is 8. The van der Waals surface area contributed by atoms with E-state index < -0.39 is 23.5 Å². The molecule has 0 amide bonds. The molecule has 0 N–H and O–H groups in total. The molecular formula is C9H4BrClF6. The van der Waals surface area contributed by atoms with Crippen LogP contribution < -0.4 is 0 Å². The van der Waals surface area contributed by atoms with Gasteiger partial charge in [0, 0.05) is 10.4 Å². The molecule has 0 unspecified atom stereocenters. The average molecular weight is 341 g/mol. The third kappa shape index (κ3) is 3.28. The molecule has 8 heteroatoms. The third-order valence-corrected chi connectivity index (χ3v) is 2.97. The Balaban J connectivity index is 3.54. The normalized spacial score (nSPS) is 12.9. The van der Waals surface area contributed by atoms with E-state index in [0.717, 1.165) is 0 Å². The molecular weight excluding hydrogens is 337 g/mol. The molecule has 17 heavy (non-hydrogen) atoms. The van der Waals surface area contributed by atoms with Crippen LogP contribution in [0.1, 0.15) is 16.7 Å². The molecule has 96 valence electrons. The van der Waals surface area contributed by atoms with E-state index in [0.29, 0.717) is 12.1 Å². The standard InChI is InChI=1S/C9H4BrClF6/c10-7-2-6(9(15,16)17)5(8(12,13)14)1-4(7)3-11/h1-2H,3H2. The summed E-state index contributed by atoms with van der Waals surface area (Å²) in [4.78, 5) is 0. The van der Waals surface area contributed by atoms with E-state index in [1.54, 1.807) is 0 Å². The Bertz CT molecular complexity index is 423. The Morgan fingerprint density at radius 2 is 1.35 bits per heavy atom. The Labute approximate surface area is 106 Å². The molecule has 0 saturated heterocycles. The highest BCUT2D eigenvalue weighted by atomic mass is 79.9. The summed E-state index contributed by atoms with van der Waals surface area (Å²) in [6.45, 7) is 0. The number of alkyl halides is 7. The van der Waals surface area contributed by atoms with Gasteiger partial charge in [0.25, 0.3) is 0 Å². The van der Waals surface area contributed by atoms with Crippen molar-refractivity contribution in [1.29, 1.82) is 0 Å². The van der Waals surface area contributed by atoms with Crippen LogP contribution >= 0.6 is 27.5 Å². The van der Waals surface area contributed by atoms with E-state index in [-0.39, 0.29) is 15.9 Å².